The molecule has 0 N–H and O–H groups in total. The number of ether oxygens (including phenoxy) is 1. The number of thioether (sulfide) groups is 1. The van der Waals surface area contributed by atoms with E-state index in [1.807, 2.05) is 19.1 Å². The third-order valence-corrected chi connectivity index (χ3v) is 4.38. The Bertz CT molecular complexity index is 889. The van der Waals surface area contributed by atoms with E-state index in [1.165, 1.54) is 23.9 Å². The van der Waals surface area contributed by atoms with Gasteiger partial charge in [0.15, 0.2) is 0 Å². The molecule has 0 atom stereocenters. The molecule has 3 aromatic rings. The Kier molecular flexibility index (Phi) is 4.67. The smallest absolute Gasteiger partial charge is 0.336 e. The minimum atomic E-state index is -0.373. The standard InChI is InChI=1S/C18H15FO3S/c1-12-10-18(20)22-16-11-13(6-7-14(12)16)21-8-9-23-17-5-3-2-4-15(17)19/h2-7,10-11H,8-9H2,1H3. The fraction of sp³-hybridized carbons (Fsp3) is 0.167. The van der Waals surface area contributed by atoms with Crippen molar-refractivity contribution >= 4 is 22.7 Å². The third kappa shape index (κ3) is 3.74. The van der Waals surface area contributed by atoms with Gasteiger partial charge in [0.2, 0.25) is 0 Å². The first kappa shape index (κ1) is 15.6. The van der Waals surface area contributed by atoms with E-state index in [9.17, 15) is 9.18 Å². The van der Waals surface area contributed by atoms with E-state index < -0.39 is 0 Å². The molecule has 5 heteroatoms. The summed E-state index contributed by atoms with van der Waals surface area (Å²) in [5.74, 6) is 1.03. The van der Waals surface area contributed by atoms with Crippen LogP contribution < -0.4 is 10.4 Å². The molecule has 0 aliphatic carbocycles. The predicted molar refractivity (Wildman–Crippen MR) is 89.8 cm³/mol. The molecule has 1 heterocycles. The highest BCUT2D eigenvalue weighted by Gasteiger charge is 2.05. The number of fused-ring (bicyclic) bond motifs is 1. The maximum Gasteiger partial charge on any atom is 0.336 e. The van der Waals surface area contributed by atoms with Gasteiger partial charge in [0.25, 0.3) is 0 Å². The first-order chi connectivity index (χ1) is 11.1. The Morgan fingerprint density at radius 2 is 2.00 bits per heavy atom. The highest BCUT2D eigenvalue weighted by Crippen LogP contribution is 2.24. The summed E-state index contributed by atoms with van der Waals surface area (Å²) in [6.45, 7) is 2.30. The van der Waals surface area contributed by atoms with Crippen molar-refractivity contribution in [1.29, 1.82) is 0 Å². The second-order valence-electron chi connectivity index (χ2n) is 5.03. The van der Waals surface area contributed by atoms with Crippen molar-refractivity contribution < 1.29 is 13.5 Å². The van der Waals surface area contributed by atoms with Gasteiger partial charge in [0, 0.05) is 28.2 Å². The normalized spacial score (nSPS) is 10.9. The number of hydrogen-bond donors (Lipinski definition) is 0. The molecule has 0 fully saturated rings. The van der Waals surface area contributed by atoms with E-state index >= 15 is 0 Å². The zero-order valence-corrected chi connectivity index (χ0v) is 13.4. The number of benzene rings is 2. The monoisotopic (exact) mass is 330 g/mol. The number of aryl methyl sites for hydroxylation is 1. The van der Waals surface area contributed by atoms with Gasteiger partial charge in [-0.2, -0.15) is 0 Å². The molecule has 23 heavy (non-hydrogen) atoms. The van der Waals surface area contributed by atoms with E-state index in [0.29, 0.717) is 28.6 Å². The van der Waals surface area contributed by atoms with Gasteiger partial charge in [-0.3, -0.25) is 0 Å². The molecule has 0 saturated carbocycles. The van der Waals surface area contributed by atoms with Crippen LogP contribution in [-0.4, -0.2) is 12.4 Å². The number of halogens is 1. The molecule has 0 spiro atoms. The van der Waals surface area contributed by atoms with Crippen LogP contribution in [0.5, 0.6) is 5.75 Å². The summed E-state index contributed by atoms with van der Waals surface area (Å²) in [6, 6.07) is 13.5. The van der Waals surface area contributed by atoms with Gasteiger partial charge in [-0.15, -0.1) is 11.8 Å². The van der Waals surface area contributed by atoms with Crippen molar-refractivity contribution in [3.8, 4) is 5.75 Å². The van der Waals surface area contributed by atoms with Crippen molar-refractivity contribution in [3.05, 3.63) is 70.3 Å². The quantitative estimate of drug-likeness (QED) is 0.395. The molecule has 0 unspecified atom stereocenters. The molecule has 0 aliphatic rings. The van der Waals surface area contributed by atoms with Gasteiger partial charge in [-0.25, -0.2) is 9.18 Å². The van der Waals surface area contributed by atoms with Crippen molar-refractivity contribution in [2.24, 2.45) is 0 Å². The summed E-state index contributed by atoms with van der Waals surface area (Å²) in [4.78, 5) is 12.0. The van der Waals surface area contributed by atoms with Gasteiger partial charge in [0.05, 0.1) is 6.61 Å². The lowest BCUT2D eigenvalue weighted by Crippen LogP contribution is -2.01. The number of hydrogen-bond acceptors (Lipinski definition) is 4. The van der Waals surface area contributed by atoms with Crippen LogP contribution in [0.25, 0.3) is 11.0 Å². The molecule has 0 saturated heterocycles. The van der Waals surface area contributed by atoms with Crippen LogP contribution in [0.4, 0.5) is 4.39 Å². The zero-order valence-electron chi connectivity index (χ0n) is 12.5. The Morgan fingerprint density at radius 3 is 2.83 bits per heavy atom. The molecule has 0 amide bonds. The molecule has 0 bridgehead atoms. The lowest BCUT2D eigenvalue weighted by Gasteiger charge is -2.08. The van der Waals surface area contributed by atoms with E-state index in [4.69, 9.17) is 9.15 Å². The van der Waals surface area contributed by atoms with Crippen LogP contribution in [0.1, 0.15) is 5.56 Å². The topological polar surface area (TPSA) is 39.4 Å². The maximum absolute atomic E-state index is 13.5. The summed E-state index contributed by atoms with van der Waals surface area (Å²) in [7, 11) is 0. The van der Waals surface area contributed by atoms with Crippen LogP contribution in [0, 0.1) is 12.7 Å². The molecule has 3 nitrogen and oxygen atoms in total. The van der Waals surface area contributed by atoms with Crippen molar-refractivity contribution in [1.82, 2.24) is 0 Å². The summed E-state index contributed by atoms with van der Waals surface area (Å²) < 4.78 is 24.3. The summed E-state index contributed by atoms with van der Waals surface area (Å²) in [6.07, 6.45) is 0. The molecule has 0 aliphatic heterocycles. The van der Waals surface area contributed by atoms with Crippen LogP contribution in [0.3, 0.4) is 0 Å². The van der Waals surface area contributed by atoms with Crippen molar-refractivity contribution in [3.63, 3.8) is 0 Å². The lowest BCUT2D eigenvalue weighted by molar-refractivity contribution is 0.343. The molecular formula is C18H15FO3S. The second kappa shape index (κ2) is 6.87. The van der Waals surface area contributed by atoms with Crippen molar-refractivity contribution in [2.45, 2.75) is 11.8 Å². The lowest BCUT2D eigenvalue weighted by atomic mass is 10.1. The van der Waals surface area contributed by atoms with Crippen LogP contribution in [0.15, 0.2) is 62.6 Å². The largest absolute Gasteiger partial charge is 0.493 e. The summed E-state index contributed by atoms with van der Waals surface area (Å²) in [5, 5.41) is 0.887. The Labute approximate surface area is 137 Å². The minimum absolute atomic E-state index is 0.222. The highest BCUT2D eigenvalue weighted by molar-refractivity contribution is 7.99. The first-order valence-electron chi connectivity index (χ1n) is 7.18. The SMILES string of the molecule is Cc1cc(=O)oc2cc(OCCSc3ccccc3F)ccc12. The predicted octanol–water partition coefficient (Wildman–Crippen LogP) is 4.41. The molecule has 0 radical (unpaired) electrons. The Morgan fingerprint density at radius 1 is 1.17 bits per heavy atom. The van der Waals surface area contributed by atoms with Crippen LogP contribution >= 0.6 is 11.8 Å². The first-order valence-corrected chi connectivity index (χ1v) is 8.17. The van der Waals surface area contributed by atoms with Crippen molar-refractivity contribution in [2.75, 3.05) is 12.4 Å². The summed E-state index contributed by atoms with van der Waals surface area (Å²) in [5.41, 5.74) is 1.01. The van der Waals surface area contributed by atoms with E-state index in [0.717, 1.165) is 10.9 Å². The second-order valence-corrected chi connectivity index (χ2v) is 6.17. The van der Waals surface area contributed by atoms with E-state index in [-0.39, 0.29) is 11.4 Å². The van der Waals surface area contributed by atoms with Gasteiger partial charge in [0.1, 0.15) is 17.1 Å². The summed E-state index contributed by atoms with van der Waals surface area (Å²) >= 11 is 1.40. The molecule has 2 aromatic carbocycles. The fourth-order valence-corrected chi connectivity index (χ4v) is 3.04. The average Bonchev–Trinajstić information content (AvgIpc) is 2.52. The van der Waals surface area contributed by atoms with Gasteiger partial charge >= 0.3 is 5.63 Å². The fourth-order valence-electron chi connectivity index (χ4n) is 2.27. The molecule has 1 aromatic heterocycles. The molecule has 118 valence electrons. The number of rotatable bonds is 5. The average molecular weight is 330 g/mol. The Balaban J connectivity index is 1.63. The minimum Gasteiger partial charge on any atom is -0.493 e. The van der Waals surface area contributed by atoms with Crippen LogP contribution in [0.2, 0.25) is 0 Å². The molecule has 3 rings (SSSR count). The molecular weight excluding hydrogens is 315 g/mol. The Hall–Kier alpha value is -2.27. The third-order valence-electron chi connectivity index (χ3n) is 3.37. The van der Waals surface area contributed by atoms with E-state index in [1.54, 1.807) is 24.3 Å². The maximum atomic E-state index is 13.5. The zero-order chi connectivity index (χ0) is 16.2. The van der Waals surface area contributed by atoms with Crippen LogP contribution in [-0.2, 0) is 0 Å². The van der Waals surface area contributed by atoms with Gasteiger partial charge in [-0.05, 0) is 36.8 Å². The van der Waals surface area contributed by atoms with E-state index in [2.05, 4.69) is 0 Å². The van der Waals surface area contributed by atoms with Gasteiger partial charge in [-0.1, -0.05) is 12.1 Å². The van der Waals surface area contributed by atoms with Gasteiger partial charge < -0.3 is 9.15 Å². The highest BCUT2D eigenvalue weighted by atomic mass is 32.2.